The summed E-state index contributed by atoms with van der Waals surface area (Å²) in [5.74, 6) is -0.0433. The highest BCUT2D eigenvalue weighted by Gasteiger charge is 2.10. The average Bonchev–Trinajstić information content (AvgIpc) is 2.95. The molecule has 0 saturated heterocycles. The molecule has 0 spiro atoms. The fourth-order valence-corrected chi connectivity index (χ4v) is 2.03. The summed E-state index contributed by atoms with van der Waals surface area (Å²) in [6.07, 6.45) is 1.01. The van der Waals surface area contributed by atoms with E-state index in [1.54, 1.807) is 0 Å². The molecule has 0 aliphatic rings. The van der Waals surface area contributed by atoms with Crippen LogP contribution < -0.4 is 0 Å². The van der Waals surface area contributed by atoms with Crippen molar-refractivity contribution >= 4 is 16.9 Å². The maximum absolute atomic E-state index is 10.5. The fourth-order valence-electron chi connectivity index (χ4n) is 2.03. The number of hydrogen-bond acceptors (Lipinski definition) is 5. The Kier molecular flexibility index (Phi) is 3.59. The number of carbonyl (C=O) groups is 1. The molecular formula is C15H13N3O3. The van der Waals surface area contributed by atoms with E-state index in [0.717, 1.165) is 10.9 Å². The summed E-state index contributed by atoms with van der Waals surface area (Å²) in [4.78, 5) is 14.9. The molecule has 0 aliphatic heterocycles. The average molecular weight is 283 g/mol. The van der Waals surface area contributed by atoms with Gasteiger partial charge in [0, 0.05) is 18.2 Å². The first kappa shape index (κ1) is 13.2. The number of carboxylic acid groups (broad SMARTS) is 1. The molecule has 0 fully saturated rings. The predicted octanol–water partition coefficient (Wildman–Crippen LogP) is 2.69. The molecule has 0 unspecified atom stereocenters. The Labute approximate surface area is 120 Å². The van der Waals surface area contributed by atoms with Crippen molar-refractivity contribution in [2.75, 3.05) is 0 Å². The Balaban J connectivity index is 1.79. The van der Waals surface area contributed by atoms with Crippen LogP contribution in [0, 0.1) is 0 Å². The molecule has 21 heavy (non-hydrogen) atoms. The lowest BCUT2D eigenvalue weighted by Gasteiger charge is -1.98. The van der Waals surface area contributed by atoms with Crippen LogP contribution in [0.2, 0.25) is 0 Å². The van der Waals surface area contributed by atoms with Gasteiger partial charge in [0.2, 0.25) is 5.89 Å². The van der Waals surface area contributed by atoms with Gasteiger partial charge in [-0.25, -0.2) is 4.98 Å². The Bertz CT molecular complexity index is 782. The van der Waals surface area contributed by atoms with Gasteiger partial charge in [-0.2, -0.15) is 0 Å². The summed E-state index contributed by atoms with van der Waals surface area (Å²) < 4.78 is 5.52. The van der Waals surface area contributed by atoms with Gasteiger partial charge in [-0.1, -0.05) is 24.3 Å². The van der Waals surface area contributed by atoms with E-state index in [-0.39, 0.29) is 6.42 Å². The third-order valence-corrected chi connectivity index (χ3v) is 3.07. The van der Waals surface area contributed by atoms with Gasteiger partial charge >= 0.3 is 5.97 Å². The van der Waals surface area contributed by atoms with E-state index in [2.05, 4.69) is 15.2 Å². The number of pyridine rings is 1. The van der Waals surface area contributed by atoms with E-state index in [1.807, 2.05) is 36.4 Å². The fraction of sp³-hybridized carbons (Fsp3) is 0.200. The Hall–Kier alpha value is -2.76. The third kappa shape index (κ3) is 3.05. The van der Waals surface area contributed by atoms with Crippen LogP contribution in [0.15, 0.2) is 40.8 Å². The highest BCUT2D eigenvalue weighted by molar-refractivity contribution is 5.80. The van der Waals surface area contributed by atoms with Gasteiger partial charge in [-0.3, -0.25) is 4.79 Å². The molecule has 2 aromatic heterocycles. The highest BCUT2D eigenvalue weighted by atomic mass is 16.4. The van der Waals surface area contributed by atoms with Crippen molar-refractivity contribution in [3.8, 4) is 11.6 Å². The molecule has 0 atom stereocenters. The first-order valence-electron chi connectivity index (χ1n) is 6.63. The van der Waals surface area contributed by atoms with Crippen molar-refractivity contribution in [2.45, 2.75) is 19.3 Å². The minimum Gasteiger partial charge on any atom is -0.481 e. The number of benzene rings is 1. The van der Waals surface area contributed by atoms with Gasteiger partial charge in [0.15, 0.2) is 0 Å². The molecule has 2 heterocycles. The summed E-state index contributed by atoms with van der Waals surface area (Å²) in [7, 11) is 0. The number of carboxylic acids is 1. The van der Waals surface area contributed by atoms with Crippen molar-refractivity contribution in [1.82, 2.24) is 15.2 Å². The molecule has 0 saturated carbocycles. The number of aryl methyl sites for hydroxylation is 1. The van der Waals surface area contributed by atoms with Gasteiger partial charge in [0.1, 0.15) is 5.69 Å². The zero-order valence-corrected chi connectivity index (χ0v) is 11.2. The molecule has 6 nitrogen and oxygen atoms in total. The van der Waals surface area contributed by atoms with Gasteiger partial charge in [-0.05, 0) is 18.6 Å². The lowest BCUT2D eigenvalue weighted by atomic mass is 10.2. The van der Waals surface area contributed by atoms with Crippen LogP contribution in [0.1, 0.15) is 18.7 Å². The smallest absolute Gasteiger partial charge is 0.303 e. The lowest BCUT2D eigenvalue weighted by Crippen LogP contribution is -1.95. The van der Waals surface area contributed by atoms with Gasteiger partial charge in [0.05, 0.1) is 5.52 Å². The van der Waals surface area contributed by atoms with Crippen molar-refractivity contribution in [1.29, 1.82) is 0 Å². The van der Waals surface area contributed by atoms with E-state index >= 15 is 0 Å². The zero-order valence-electron chi connectivity index (χ0n) is 11.2. The van der Waals surface area contributed by atoms with Crippen molar-refractivity contribution in [2.24, 2.45) is 0 Å². The molecule has 106 valence electrons. The third-order valence-electron chi connectivity index (χ3n) is 3.07. The topological polar surface area (TPSA) is 89.1 Å². The van der Waals surface area contributed by atoms with Crippen molar-refractivity contribution in [3.05, 3.63) is 42.3 Å². The van der Waals surface area contributed by atoms with Gasteiger partial charge < -0.3 is 9.52 Å². The first-order valence-corrected chi connectivity index (χ1v) is 6.63. The Morgan fingerprint density at radius 3 is 2.86 bits per heavy atom. The van der Waals surface area contributed by atoms with Crippen LogP contribution in [0.3, 0.4) is 0 Å². The standard InChI is InChI=1S/C15H13N3O3/c19-14(20)7-3-6-13-17-18-15(21-13)12-9-8-10-4-1-2-5-11(10)16-12/h1-2,4-5,8-9H,3,6-7H2,(H,19,20). The molecule has 1 N–H and O–H groups in total. The number of fused-ring (bicyclic) bond motifs is 1. The van der Waals surface area contributed by atoms with Gasteiger partial charge in [-0.15, -0.1) is 10.2 Å². The summed E-state index contributed by atoms with van der Waals surface area (Å²) in [5.41, 5.74) is 1.48. The Morgan fingerprint density at radius 2 is 2.00 bits per heavy atom. The molecule has 3 aromatic rings. The van der Waals surface area contributed by atoms with E-state index in [4.69, 9.17) is 9.52 Å². The molecule has 1 aromatic carbocycles. The molecule has 6 heteroatoms. The Morgan fingerprint density at radius 1 is 1.14 bits per heavy atom. The summed E-state index contributed by atoms with van der Waals surface area (Å²) in [6.45, 7) is 0. The second-order valence-corrected chi connectivity index (χ2v) is 4.64. The summed E-state index contributed by atoms with van der Waals surface area (Å²) >= 11 is 0. The van der Waals surface area contributed by atoms with E-state index < -0.39 is 5.97 Å². The molecule has 0 aliphatic carbocycles. The van der Waals surface area contributed by atoms with E-state index in [0.29, 0.717) is 30.3 Å². The van der Waals surface area contributed by atoms with Crippen LogP contribution in [0.25, 0.3) is 22.5 Å². The minimum atomic E-state index is -0.828. The van der Waals surface area contributed by atoms with E-state index in [1.165, 1.54) is 0 Å². The van der Waals surface area contributed by atoms with Gasteiger partial charge in [0.25, 0.3) is 5.89 Å². The van der Waals surface area contributed by atoms with Crippen LogP contribution >= 0.6 is 0 Å². The van der Waals surface area contributed by atoms with Crippen LogP contribution in [-0.4, -0.2) is 26.3 Å². The number of hydrogen-bond donors (Lipinski definition) is 1. The van der Waals surface area contributed by atoms with Crippen molar-refractivity contribution < 1.29 is 14.3 Å². The minimum absolute atomic E-state index is 0.0892. The monoisotopic (exact) mass is 283 g/mol. The summed E-state index contributed by atoms with van der Waals surface area (Å²) in [6, 6.07) is 11.6. The highest BCUT2D eigenvalue weighted by Crippen LogP contribution is 2.20. The maximum atomic E-state index is 10.5. The normalized spacial score (nSPS) is 10.9. The van der Waals surface area contributed by atoms with Crippen LogP contribution in [-0.2, 0) is 11.2 Å². The molecule has 3 rings (SSSR count). The number of nitrogens with zero attached hydrogens (tertiary/aromatic N) is 3. The molecular weight excluding hydrogens is 270 g/mol. The first-order chi connectivity index (χ1) is 10.2. The molecule has 0 amide bonds. The SMILES string of the molecule is O=C(O)CCCc1nnc(-c2ccc3ccccc3n2)o1. The summed E-state index contributed by atoms with van der Waals surface area (Å²) in [5, 5.41) is 17.5. The van der Waals surface area contributed by atoms with Crippen LogP contribution in [0.4, 0.5) is 0 Å². The molecule has 0 radical (unpaired) electrons. The number of aliphatic carboxylic acids is 1. The van der Waals surface area contributed by atoms with E-state index in [9.17, 15) is 4.79 Å². The predicted molar refractivity (Wildman–Crippen MR) is 75.6 cm³/mol. The number of rotatable bonds is 5. The van der Waals surface area contributed by atoms with Crippen molar-refractivity contribution in [3.63, 3.8) is 0 Å². The number of aromatic nitrogens is 3. The zero-order chi connectivity index (χ0) is 14.7. The lowest BCUT2D eigenvalue weighted by molar-refractivity contribution is -0.137. The second-order valence-electron chi connectivity index (χ2n) is 4.64. The largest absolute Gasteiger partial charge is 0.481 e. The van der Waals surface area contributed by atoms with Crippen LogP contribution in [0.5, 0.6) is 0 Å². The quantitative estimate of drug-likeness (QED) is 0.774. The second kappa shape index (κ2) is 5.70. The maximum Gasteiger partial charge on any atom is 0.303 e. The number of para-hydroxylation sites is 1. The molecule has 0 bridgehead atoms.